The van der Waals surface area contributed by atoms with E-state index >= 15 is 0 Å². The van der Waals surface area contributed by atoms with Gasteiger partial charge in [-0.1, -0.05) is 30.3 Å². The highest BCUT2D eigenvalue weighted by Gasteiger charge is 2.33. The molecule has 0 aliphatic heterocycles. The van der Waals surface area contributed by atoms with Crippen molar-refractivity contribution in [1.29, 1.82) is 0 Å². The minimum Gasteiger partial charge on any atom is -0.480 e. The fraction of sp³-hybridized carbons (Fsp3) is 0.500. The number of carbonyl (C=O) groups is 5. The third-order valence-corrected chi connectivity index (χ3v) is 5.09. The number of rotatable bonds is 14. The summed E-state index contributed by atoms with van der Waals surface area (Å²) >= 11 is 0. The second kappa shape index (κ2) is 14.0. The Morgan fingerprint density at radius 3 is 1.91 bits per heavy atom. The molecule has 6 unspecified atom stereocenters. The SMILES string of the molecule is CC(O)C(N)C(=O)NC(CCC(N)=O)C(=O)NC(C(=O)NC(Cc1ccccc1)C(=O)O)C(C)O. The summed E-state index contributed by atoms with van der Waals surface area (Å²) in [6.45, 7) is 2.47. The summed E-state index contributed by atoms with van der Waals surface area (Å²) in [5.74, 6) is -4.90. The van der Waals surface area contributed by atoms with Gasteiger partial charge in [-0.05, 0) is 25.8 Å². The van der Waals surface area contributed by atoms with Gasteiger partial charge in [0.25, 0.3) is 0 Å². The third-order valence-electron chi connectivity index (χ3n) is 5.09. The molecule has 0 saturated carbocycles. The number of aliphatic hydroxyl groups excluding tert-OH is 2. The first-order chi connectivity index (χ1) is 16.3. The summed E-state index contributed by atoms with van der Waals surface area (Å²) in [5.41, 5.74) is 11.3. The van der Waals surface area contributed by atoms with E-state index in [0.29, 0.717) is 5.56 Å². The smallest absolute Gasteiger partial charge is 0.326 e. The number of carboxylic acids is 1. The molecule has 1 aromatic rings. The molecule has 0 radical (unpaired) electrons. The molecular formula is C22H33N5O8. The first kappa shape index (κ1) is 29.5. The van der Waals surface area contributed by atoms with Crippen LogP contribution in [0.2, 0.25) is 0 Å². The lowest BCUT2D eigenvalue weighted by Gasteiger charge is -2.26. The highest BCUT2D eigenvalue weighted by molar-refractivity contribution is 5.94. The highest BCUT2D eigenvalue weighted by atomic mass is 16.4. The van der Waals surface area contributed by atoms with Crippen LogP contribution in [0.15, 0.2) is 30.3 Å². The number of primary amides is 1. The number of aliphatic hydroxyl groups is 2. The summed E-state index contributed by atoms with van der Waals surface area (Å²) in [5, 5.41) is 35.9. The molecule has 0 saturated heterocycles. The molecule has 0 aliphatic carbocycles. The number of hydrogen-bond donors (Lipinski definition) is 8. The van der Waals surface area contributed by atoms with Gasteiger partial charge >= 0.3 is 5.97 Å². The number of nitrogens with two attached hydrogens (primary N) is 2. The van der Waals surface area contributed by atoms with Crippen LogP contribution in [0.4, 0.5) is 0 Å². The van der Waals surface area contributed by atoms with Crippen LogP contribution >= 0.6 is 0 Å². The first-order valence-electron chi connectivity index (χ1n) is 10.9. The van der Waals surface area contributed by atoms with Gasteiger partial charge in [0.1, 0.15) is 24.2 Å². The maximum absolute atomic E-state index is 12.8. The third kappa shape index (κ3) is 10.1. The second-order valence-electron chi connectivity index (χ2n) is 8.15. The maximum atomic E-state index is 12.8. The number of benzene rings is 1. The van der Waals surface area contributed by atoms with E-state index in [4.69, 9.17) is 11.5 Å². The molecule has 6 atom stereocenters. The molecule has 1 rings (SSSR count). The Morgan fingerprint density at radius 2 is 1.43 bits per heavy atom. The first-order valence-corrected chi connectivity index (χ1v) is 10.9. The van der Waals surface area contributed by atoms with Crippen LogP contribution in [-0.2, 0) is 30.4 Å². The van der Waals surface area contributed by atoms with E-state index in [1.54, 1.807) is 30.3 Å². The summed E-state index contributed by atoms with van der Waals surface area (Å²) < 4.78 is 0. The van der Waals surface area contributed by atoms with Crippen molar-refractivity contribution in [3.63, 3.8) is 0 Å². The summed E-state index contributed by atoms with van der Waals surface area (Å²) in [6, 6.07) is 2.84. The number of hydrogen-bond acceptors (Lipinski definition) is 8. The standard InChI is InChI=1S/C22H33N5O8/c1-11(28)17(24)20(32)25-14(8-9-16(23)30)19(31)27-18(12(2)29)21(33)26-15(22(34)35)10-13-6-4-3-5-7-13/h3-7,11-12,14-15,17-18,28-29H,8-10,24H2,1-2H3,(H2,23,30)(H,25,32)(H,26,33)(H,27,31)(H,34,35). The normalized spacial score (nSPS) is 16.0. The monoisotopic (exact) mass is 495 g/mol. The average molecular weight is 496 g/mol. The van der Waals surface area contributed by atoms with Crippen LogP contribution in [0.3, 0.4) is 0 Å². The Bertz CT molecular complexity index is 893. The molecule has 13 heteroatoms. The molecular weight excluding hydrogens is 462 g/mol. The van der Waals surface area contributed by atoms with Crippen LogP contribution < -0.4 is 27.4 Å². The van der Waals surface area contributed by atoms with Crippen molar-refractivity contribution < 1.29 is 39.3 Å². The Balaban J connectivity index is 2.99. The number of nitrogens with one attached hydrogen (secondary N) is 3. The zero-order valence-corrected chi connectivity index (χ0v) is 19.5. The van der Waals surface area contributed by atoms with E-state index in [1.165, 1.54) is 13.8 Å². The fourth-order valence-electron chi connectivity index (χ4n) is 3.01. The van der Waals surface area contributed by atoms with Crippen LogP contribution in [-0.4, -0.2) is 81.3 Å². The van der Waals surface area contributed by atoms with Crippen molar-refractivity contribution in [1.82, 2.24) is 16.0 Å². The number of carbonyl (C=O) groups excluding carboxylic acids is 4. The van der Waals surface area contributed by atoms with Gasteiger partial charge in [-0.25, -0.2) is 4.79 Å². The summed E-state index contributed by atoms with van der Waals surface area (Å²) in [6.07, 6.45) is -3.27. The minimum absolute atomic E-state index is 0.0447. The van der Waals surface area contributed by atoms with Crippen LogP contribution in [0.5, 0.6) is 0 Å². The molecule has 0 heterocycles. The highest BCUT2D eigenvalue weighted by Crippen LogP contribution is 2.06. The Morgan fingerprint density at radius 1 is 0.857 bits per heavy atom. The predicted molar refractivity (Wildman–Crippen MR) is 123 cm³/mol. The van der Waals surface area contributed by atoms with Crippen molar-refractivity contribution in [2.24, 2.45) is 11.5 Å². The molecule has 0 fully saturated rings. The lowest BCUT2D eigenvalue weighted by atomic mass is 10.0. The van der Waals surface area contributed by atoms with E-state index in [9.17, 15) is 39.3 Å². The minimum atomic E-state index is -1.58. The van der Waals surface area contributed by atoms with Gasteiger partial charge < -0.3 is 42.7 Å². The quantitative estimate of drug-likeness (QED) is 0.132. The van der Waals surface area contributed by atoms with Crippen molar-refractivity contribution in [2.45, 2.75) is 69.5 Å². The van der Waals surface area contributed by atoms with Crippen LogP contribution in [0.1, 0.15) is 32.3 Å². The van der Waals surface area contributed by atoms with E-state index in [0.717, 1.165) is 0 Å². The van der Waals surface area contributed by atoms with Crippen molar-refractivity contribution in [3.8, 4) is 0 Å². The maximum Gasteiger partial charge on any atom is 0.326 e. The second-order valence-corrected chi connectivity index (χ2v) is 8.15. The Labute approximate surface area is 202 Å². The average Bonchev–Trinajstić information content (AvgIpc) is 2.78. The zero-order chi connectivity index (χ0) is 26.7. The number of aliphatic carboxylic acids is 1. The van der Waals surface area contributed by atoms with E-state index < -0.39 is 66.0 Å². The van der Waals surface area contributed by atoms with Crippen LogP contribution in [0.25, 0.3) is 0 Å². The van der Waals surface area contributed by atoms with Crippen molar-refractivity contribution in [2.75, 3.05) is 0 Å². The molecule has 35 heavy (non-hydrogen) atoms. The summed E-state index contributed by atoms with van der Waals surface area (Å²) in [4.78, 5) is 60.6. The molecule has 13 nitrogen and oxygen atoms in total. The molecule has 0 spiro atoms. The van der Waals surface area contributed by atoms with Gasteiger partial charge in [0.05, 0.1) is 12.2 Å². The number of amides is 4. The van der Waals surface area contributed by atoms with Crippen molar-refractivity contribution in [3.05, 3.63) is 35.9 Å². The van der Waals surface area contributed by atoms with Gasteiger partial charge in [-0.3, -0.25) is 19.2 Å². The summed E-state index contributed by atoms with van der Waals surface area (Å²) in [7, 11) is 0. The van der Waals surface area contributed by atoms with E-state index in [2.05, 4.69) is 16.0 Å². The molecule has 4 amide bonds. The molecule has 0 aliphatic rings. The van der Waals surface area contributed by atoms with Gasteiger partial charge in [0, 0.05) is 12.8 Å². The molecule has 0 bridgehead atoms. The molecule has 1 aromatic carbocycles. The lowest BCUT2D eigenvalue weighted by Crippen LogP contribution is -2.60. The lowest BCUT2D eigenvalue weighted by molar-refractivity contribution is -0.143. The van der Waals surface area contributed by atoms with Crippen LogP contribution in [0, 0.1) is 0 Å². The predicted octanol–water partition coefficient (Wildman–Crippen LogP) is -2.88. The van der Waals surface area contributed by atoms with Gasteiger partial charge in [-0.2, -0.15) is 0 Å². The zero-order valence-electron chi connectivity index (χ0n) is 19.5. The van der Waals surface area contributed by atoms with Gasteiger partial charge in [0.2, 0.25) is 23.6 Å². The molecule has 10 N–H and O–H groups in total. The largest absolute Gasteiger partial charge is 0.480 e. The van der Waals surface area contributed by atoms with Gasteiger partial charge in [0.15, 0.2) is 0 Å². The number of carboxylic acid groups (broad SMARTS) is 1. The van der Waals surface area contributed by atoms with E-state index in [-0.39, 0.29) is 19.3 Å². The fourth-order valence-corrected chi connectivity index (χ4v) is 3.01. The molecule has 194 valence electrons. The molecule has 0 aromatic heterocycles. The topological polar surface area (TPSA) is 234 Å². The van der Waals surface area contributed by atoms with E-state index in [1.807, 2.05) is 0 Å². The Hall–Kier alpha value is -3.55. The van der Waals surface area contributed by atoms with Gasteiger partial charge in [-0.15, -0.1) is 0 Å². The Kier molecular flexibility index (Phi) is 11.8. The van der Waals surface area contributed by atoms with Crippen molar-refractivity contribution >= 4 is 29.6 Å².